The molecule has 0 radical (unpaired) electrons. The first-order valence-electron chi connectivity index (χ1n) is 10.8. The minimum Gasteiger partial charge on any atom is -0.356 e. The van der Waals surface area contributed by atoms with Crippen LogP contribution in [0.2, 0.25) is 0 Å². The van der Waals surface area contributed by atoms with Crippen molar-refractivity contribution in [3.05, 3.63) is 65.2 Å². The Labute approximate surface area is 185 Å². The van der Waals surface area contributed by atoms with Gasteiger partial charge in [-0.25, -0.2) is 8.78 Å². The summed E-state index contributed by atoms with van der Waals surface area (Å²) in [7, 11) is 0. The van der Waals surface area contributed by atoms with E-state index in [1.165, 1.54) is 16.0 Å². The molecule has 0 aromatic heterocycles. The van der Waals surface area contributed by atoms with Crippen LogP contribution >= 0.6 is 0 Å². The molecular formula is C24H25F2N3O3. The fourth-order valence-corrected chi connectivity index (χ4v) is 4.29. The number of halogens is 2. The zero-order chi connectivity index (χ0) is 22.7. The first kappa shape index (κ1) is 21.9. The van der Waals surface area contributed by atoms with Gasteiger partial charge in [0.2, 0.25) is 17.7 Å². The van der Waals surface area contributed by atoms with Crippen LogP contribution in [0.25, 0.3) is 0 Å². The lowest BCUT2D eigenvalue weighted by atomic mass is 9.99. The van der Waals surface area contributed by atoms with Gasteiger partial charge in [0, 0.05) is 50.8 Å². The van der Waals surface area contributed by atoms with E-state index in [0.29, 0.717) is 32.5 Å². The summed E-state index contributed by atoms with van der Waals surface area (Å²) in [4.78, 5) is 40.3. The molecule has 1 saturated heterocycles. The van der Waals surface area contributed by atoms with Gasteiger partial charge in [0.05, 0.1) is 5.92 Å². The maximum absolute atomic E-state index is 13.5. The van der Waals surface area contributed by atoms with Crippen LogP contribution in [0.3, 0.4) is 0 Å². The van der Waals surface area contributed by atoms with Crippen molar-refractivity contribution in [3.63, 3.8) is 0 Å². The molecule has 0 aliphatic carbocycles. The molecule has 8 heteroatoms. The van der Waals surface area contributed by atoms with Crippen molar-refractivity contribution in [2.24, 2.45) is 5.92 Å². The van der Waals surface area contributed by atoms with Crippen LogP contribution in [0.1, 0.15) is 30.4 Å². The van der Waals surface area contributed by atoms with E-state index in [1.807, 2.05) is 23.1 Å². The van der Waals surface area contributed by atoms with E-state index in [-0.39, 0.29) is 36.4 Å². The van der Waals surface area contributed by atoms with Gasteiger partial charge in [0.1, 0.15) is 11.6 Å². The van der Waals surface area contributed by atoms with Gasteiger partial charge in [-0.15, -0.1) is 0 Å². The molecule has 1 fully saturated rings. The first-order chi connectivity index (χ1) is 15.4. The molecule has 168 valence electrons. The van der Waals surface area contributed by atoms with Gasteiger partial charge in [-0.1, -0.05) is 24.3 Å². The van der Waals surface area contributed by atoms with Crippen LogP contribution in [-0.2, 0) is 27.3 Å². The van der Waals surface area contributed by atoms with Gasteiger partial charge in [0.15, 0.2) is 0 Å². The number of nitrogens with one attached hydrogen (secondary N) is 1. The number of carbonyl (C=O) groups is 3. The molecule has 2 aromatic carbocycles. The molecule has 32 heavy (non-hydrogen) atoms. The van der Waals surface area contributed by atoms with Crippen molar-refractivity contribution >= 4 is 23.4 Å². The van der Waals surface area contributed by atoms with Crippen LogP contribution < -0.4 is 10.2 Å². The Balaban J connectivity index is 1.22. The molecule has 2 aliphatic heterocycles. The number of hydrogen-bond acceptors (Lipinski definition) is 3. The lowest BCUT2D eigenvalue weighted by Crippen LogP contribution is -2.37. The maximum atomic E-state index is 13.5. The van der Waals surface area contributed by atoms with E-state index < -0.39 is 17.6 Å². The predicted octanol–water partition coefficient (Wildman–Crippen LogP) is 2.80. The molecule has 6 nitrogen and oxygen atoms in total. The molecule has 4 rings (SSSR count). The number of carbonyl (C=O) groups excluding carboxylic acids is 3. The fraction of sp³-hybridized carbons (Fsp3) is 0.375. The highest BCUT2D eigenvalue weighted by molar-refractivity contribution is 6.00. The van der Waals surface area contributed by atoms with Gasteiger partial charge >= 0.3 is 0 Å². The second-order valence-corrected chi connectivity index (χ2v) is 8.26. The van der Waals surface area contributed by atoms with Crippen LogP contribution in [-0.4, -0.2) is 42.3 Å². The average Bonchev–Trinajstić information content (AvgIpc) is 3.17. The number of anilines is 1. The normalized spacial score (nSPS) is 17.9. The predicted molar refractivity (Wildman–Crippen MR) is 115 cm³/mol. The van der Waals surface area contributed by atoms with Gasteiger partial charge in [-0.05, 0) is 36.1 Å². The number of fused-ring (bicyclic) bond motifs is 1. The van der Waals surface area contributed by atoms with Gasteiger partial charge in [-0.2, -0.15) is 0 Å². The summed E-state index contributed by atoms with van der Waals surface area (Å²) in [5, 5.41) is 2.78. The molecule has 0 bridgehead atoms. The Morgan fingerprint density at radius 2 is 1.78 bits per heavy atom. The number of rotatable bonds is 6. The average molecular weight is 441 g/mol. The molecule has 2 heterocycles. The quantitative estimate of drug-likeness (QED) is 0.701. The third kappa shape index (κ3) is 4.95. The molecule has 1 N–H and O–H groups in total. The van der Waals surface area contributed by atoms with Crippen molar-refractivity contribution in [3.8, 4) is 0 Å². The summed E-state index contributed by atoms with van der Waals surface area (Å²) in [6.45, 7) is 1.71. The van der Waals surface area contributed by atoms with Crippen molar-refractivity contribution in [2.75, 3.05) is 24.5 Å². The number of hydrogen-bond donors (Lipinski definition) is 1. The molecular weight excluding hydrogens is 416 g/mol. The summed E-state index contributed by atoms with van der Waals surface area (Å²) in [6, 6.07) is 11.0. The zero-order valence-electron chi connectivity index (χ0n) is 17.7. The highest BCUT2D eigenvalue weighted by atomic mass is 19.1. The Kier molecular flexibility index (Phi) is 6.48. The Hall–Kier alpha value is -3.29. The lowest BCUT2D eigenvalue weighted by Gasteiger charge is -2.29. The summed E-state index contributed by atoms with van der Waals surface area (Å²) in [5.74, 6) is -2.73. The van der Waals surface area contributed by atoms with Crippen molar-refractivity contribution in [2.45, 2.75) is 32.2 Å². The van der Waals surface area contributed by atoms with Crippen LogP contribution in [0.5, 0.6) is 0 Å². The second kappa shape index (κ2) is 9.46. The van der Waals surface area contributed by atoms with E-state index in [0.717, 1.165) is 24.6 Å². The molecule has 1 atom stereocenters. The summed E-state index contributed by atoms with van der Waals surface area (Å²) >= 11 is 0. The topological polar surface area (TPSA) is 69.7 Å². The monoisotopic (exact) mass is 441 g/mol. The van der Waals surface area contributed by atoms with E-state index in [1.54, 1.807) is 0 Å². The van der Waals surface area contributed by atoms with Crippen molar-refractivity contribution in [1.29, 1.82) is 0 Å². The SMILES string of the molecule is O=C(NCCCC(=O)N1CCc2ccccc2C1)C1CC(=O)N(c2cc(F)cc(F)c2)C1. The van der Waals surface area contributed by atoms with Crippen LogP contribution in [0, 0.1) is 17.6 Å². The third-order valence-corrected chi connectivity index (χ3v) is 6.00. The largest absolute Gasteiger partial charge is 0.356 e. The summed E-state index contributed by atoms with van der Waals surface area (Å²) < 4.78 is 26.9. The van der Waals surface area contributed by atoms with E-state index in [9.17, 15) is 23.2 Å². The minimum absolute atomic E-state index is 0.0178. The first-order valence-corrected chi connectivity index (χ1v) is 10.8. The van der Waals surface area contributed by atoms with Gasteiger partial charge in [0.25, 0.3) is 0 Å². The van der Waals surface area contributed by atoms with Crippen LogP contribution in [0.4, 0.5) is 14.5 Å². The molecule has 2 aliphatic rings. The lowest BCUT2D eigenvalue weighted by molar-refractivity contribution is -0.132. The Morgan fingerprint density at radius 1 is 1.06 bits per heavy atom. The molecule has 2 aromatic rings. The summed E-state index contributed by atoms with van der Waals surface area (Å²) in [6.07, 6.45) is 1.67. The Morgan fingerprint density at radius 3 is 2.53 bits per heavy atom. The van der Waals surface area contributed by atoms with Crippen molar-refractivity contribution in [1.82, 2.24) is 10.2 Å². The zero-order valence-corrected chi connectivity index (χ0v) is 17.7. The highest BCUT2D eigenvalue weighted by Gasteiger charge is 2.35. The van der Waals surface area contributed by atoms with E-state index >= 15 is 0 Å². The molecule has 1 unspecified atom stereocenters. The highest BCUT2D eigenvalue weighted by Crippen LogP contribution is 2.26. The second-order valence-electron chi connectivity index (χ2n) is 8.26. The van der Waals surface area contributed by atoms with Crippen LogP contribution in [0.15, 0.2) is 42.5 Å². The molecule has 0 saturated carbocycles. The van der Waals surface area contributed by atoms with Gasteiger partial charge in [-0.3, -0.25) is 14.4 Å². The minimum atomic E-state index is -0.775. The standard InChI is InChI=1S/C24H25F2N3O3/c25-19-11-20(26)13-21(12-19)29-15-18(10-23(29)31)24(32)27-8-3-6-22(30)28-9-7-16-4-1-2-5-17(16)14-28/h1-2,4-5,11-13,18H,3,6-10,14-15H2,(H,27,32). The third-order valence-electron chi connectivity index (χ3n) is 6.00. The smallest absolute Gasteiger partial charge is 0.227 e. The number of nitrogens with zero attached hydrogens (tertiary/aromatic N) is 2. The summed E-state index contributed by atoms with van der Waals surface area (Å²) in [5.41, 5.74) is 2.57. The molecule has 3 amide bonds. The number of benzene rings is 2. The van der Waals surface area contributed by atoms with Crippen molar-refractivity contribution < 1.29 is 23.2 Å². The Bertz CT molecular complexity index is 1020. The van der Waals surface area contributed by atoms with E-state index in [4.69, 9.17) is 0 Å². The van der Waals surface area contributed by atoms with Gasteiger partial charge < -0.3 is 15.1 Å². The number of amides is 3. The maximum Gasteiger partial charge on any atom is 0.227 e. The molecule has 0 spiro atoms. The fourth-order valence-electron chi connectivity index (χ4n) is 4.29. The van der Waals surface area contributed by atoms with E-state index in [2.05, 4.69) is 11.4 Å².